The molecule has 0 saturated carbocycles. The molecule has 1 heterocycles. The lowest BCUT2D eigenvalue weighted by molar-refractivity contribution is -0.121. The van der Waals surface area contributed by atoms with E-state index in [0.29, 0.717) is 35.1 Å². The highest BCUT2D eigenvalue weighted by Crippen LogP contribution is 2.27. The molecule has 31 heavy (non-hydrogen) atoms. The topological polar surface area (TPSA) is 103 Å². The lowest BCUT2D eigenvalue weighted by Gasteiger charge is -2.10. The lowest BCUT2D eigenvalue weighted by Crippen LogP contribution is -2.41. The van der Waals surface area contributed by atoms with Gasteiger partial charge < -0.3 is 13.9 Å². The van der Waals surface area contributed by atoms with Crippen LogP contribution in [-0.2, 0) is 11.2 Å². The maximum absolute atomic E-state index is 12.2. The van der Waals surface area contributed by atoms with Crippen LogP contribution in [0, 0.1) is 13.8 Å². The Morgan fingerprint density at radius 3 is 2.45 bits per heavy atom. The molecule has 0 saturated heterocycles. The van der Waals surface area contributed by atoms with E-state index in [-0.39, 0.29) is 12.3 Å². The van der Waals surface area contributed by atoms with E-state index in [9.17, 15) is 9.59 Å². The number of aryl methyl sites for hydroxylation is 3. The van der Waals surface area contributed by atoms with Crippen molar-refractivity contribution in [3.8, 4) is 22.8 Å². The van der Waals surface area contributed by atoms with Gasteiger partial charge in [-0.15, -0.1) is 0 Å². The first-order valence-corrected chi connectivity index (χ1v) is 9.74. The van der Waals surface area contributed by atoms with Crippen molar-refractivity contribution in [2.75, 3.05) is 14.2 Å². The van der Waals surface area contributed by atoms with E-state index in [1.54, 1.807) is 18.3 Å². The van der Waals surface area contributed by atoms with Gasteiger partial charge in [-0.3, -0.25) is 20.4 Å². The Labute approximate surface area is 180 Å². The van der Waals surface area contributed by atoms with Gasteiger partial charge in [-0.25, -0.2) is 4.98 Å². The number of carbonyl (C=O) groups is 2. The fraction of sp³-hybridized carbons (Fsp3) is 0.261. The summed E-state index contributed by atoms with van der Waals surface area (Å²) in [5.74, 6) is 1.20. The van der Waals surface area contributed by atoms with Crippen molar-refractivity contribution in [1.29, 1.82) is 0 Å². The number of nitrogens with one attached hydrogen (secondary N) is 2. The molecule has 0 aliphatic rings. The molecular weight excluding hydrogens is 398 g/mol. The van der Waals surface area contributed by atoms with Crippen molar-refractivity contribution in [2.24, 2.45) is 0 Å². The summed E-state index contributed by atoms with van der Waals surface area (Å²) >= 11 is 0. The number of hydrogen-bond acceptors (Lipinski definition) is 6. The Kier molecular flexibility index (Phi) is 6.92. The Morgan fingerprint density at radius 2 is 1.74 bits per heavy atom. The molecule has 0 spiro atoms. The molecule has 3 aromatic rings. The van der Waals surface area contributed by atoms with E-state index in [1.165, 1.54) is 31.4 Å². The van der Waals surface area contributed by atoms with Gasteiger partial charge in [0.25, 0.3) is 5.91 Å². The second-order valence-electron chi connectivity index (χ2n) is 6.99. The summed E-state index contributed by atoms with van der Waals surface area (Å²) in [7, 11) is 2.99. The highest BCUT2D eigenvalue weighted by Gasteiger charge is 2.13. The van der Waals surface area contributed by atoms with Crippen molar-refractivity contribution >= 4 is 11.8 Å². The van der Waals surface area contributed by atoms with Crippen LogP contribution in [0.25, 0.3) is 11.3 Å². The maximum Gasteiger partial charge on any atom is 0.269 e. The number of nitrogens with zero attached hydrogens (tertiary/aromatic N) is 1. The third-order valence-electron chi connectivity index (χ3n) is 4.87. The maximum atomic E-state index is 12.2. The Bertz CT molecular complexity index is 1090. The number of hydrazine groups is 1. The van der Waals surface area contributed by atoms with Crippen molar-refractivity contribution in [3.63, 3.8) is 0 Å². The average molecular weight is 423 g/mol. The lowest BCUT2D eigenvalue weighted by atomic mass is 10.1. The molecule has 0 radical (unpaired) electrons. The molecule has 2 amide bonds. The van der Waals surface area contributed by atoms with E-state index < -0.39 is 5.91 Å². The van der Waals surface area contributed by atoms with Crippen LogP contribution >= 0.6 is 0 Å². The van der Waals surface area contributed by atoms with E-state index in [4.69, 9.17) is 13.9 Å². The van der Waals surface area contributed by atoms with Gasteiger partial charge in [0.2, 0.25) is 5.91 Å². The second-order valence-corrected chi connectivity index (χ2v) is 6.99. The summed E-state index contributed by atoms with van der Waals surface area (Å²) in [6.07, 6.45) is 2.07. The minimum atomic E-state index is -0.470. The monoisotopic (exact) mass is 423 g/mol. The van der Waals surface area contributed by atoms with E-state index in [1.807, 2.05) is 32.0 Å². The minimum Gasteiger partial charge on any atom is -0.493 e. The van der Waals surface area contributed by atoms with Crippen LogP contribution in [0.1, 0.15) is 33.8 Å². The van der Waals surface area contributed by atoms with Crippen LogP contribution in [0.2, 0.25) is 0 Å². The highest BCUT2D eigenvalue weighted by molar-refractivity contribution is 5.96. The van der Waals surface area contributed by atoms with Gasteiger partial charge in [-0.2, -0.15) is 0 Å². The largest absolute Gasteiger partial charge is 0.493 e. The zero-order valence-corrected chi connectivity index (χ0v) is 17.9. The summed E-state index contributed by atoms with van der Waals surface area (Å²) < 4.78 is 16.1. The molecule has 0 fully saturated rings. The van der Waals surface area contributed by atoms with Gasteiger partial charge >= 0.3 is 0 Å². The third kappa shape index (κ3) is 5.42. The second kappa shape index (κ2) is 9.80. The van der Waals surface area contributed by atoms with E-state index in [2.05, 4.69) is 15.8 Å². The quantitative estimate of drug-likeness (QED) is 0.565. The normalized spacial score (nSPS) is 10.5. The molecule has 2 N–H and O–H groups in total. The first-order chi connectivity index (χ1) is 14.9. The van der Waals surface area contributed by atoms with Crippen LogP contribution in [0.15, 0.2) is 47.0 Å². The number of oxazole rings is 1. The standard InChI is InChI=1S/C23H25N3O5/c1-14-5-6-16(11-15(14)2)20-13-24-22(31-20)10-9-21(27)25-26-23(28)17-7-8-18(29-3)19(12-17)30-4/h5-8,11-13H,9-10H2,1-4H3,(H,25,27)(H,26,28). The van der Waals surface area contributed by atoms with Crippen molar-refractivity contribution < 1.29 is 23.5 Å². The average Bonchev–Trinajstić information content (AvgIpc) is 3.26. The molecule has 2 aromatic carbocycles. The van der Waals surface area contributed by atoms with E-state index in [0.717, 1.165) is 5.56 Å². The predicted molar refractivity (Wildman–Crippen MR) is 115 cm³/mol. The van der Waals surface area contributed by atoms with Gasteiger partial charge in [0.05, 0.1) is 20.4 Å². The molecule has 0 aliphatic heterocycles. The fourth-order valence-corrected chi connectivity index (χ4v) is 2.91. The number of aromatic nitrogens is 1. The molecule has 8 nitrogen and oxygen atoms in total. The Morgan fingerprint density at radius 1 is 0.968 bits per heavy atom. The zero-order valence-electron chi connectivity index (χ0n) is 17.9. The molecule has 1 aromatic heterocycles. The van der Waals surface area contributed by atoms with Gasteiger partial charge in [-0.05, 0) is 49.2 Å². The SMILES string of the molecule is COc1ccc(C(=O)NNC(=O)CCc2ncc(-c3ccc(C)c(C)c3)o2)cc1OC. The number of hydrogen-bond donors (Lipinski definition) is 2. The molecule has 0 unspecified atom stereocenters. The van der Waals surface area contributed by atoms with Crippen LogP contribution < -0.4 is 20.3 Å². The number of benzene rings is 2. The summed E-state index contributed by atoms with van der Waals surface area (Å²) in [5, 5.41) is 0. The van der Waals surface area contributed by atoms with Crippen molar-refractivity contribution in [3.05, 3.63) is 65.2 Å². The Balaban J connectivity index is 1.51. The molecule has 3 rings (SSSR count). The molecule has 162 valence electrons. The van der Waals surface area contributed by atoms with E-state index >= 15 is 0 Å². The number of carbonyl (C=O) groups excluding carboxylic acids is 2. The highest BCUT2D eigenvalue weighted by atomic mass is 16.5. The summed E-state index contributed by atoms with van der Waals surface area (Å²) in [6, 6.07) is 10.8. The Hall–Kier alpha value is -3.81. The summed E-state index contributed by atoms with van der Waals surface area (Å²) in [5.41, 5.74) is 8.40. The minimum absolute atomic E-state index is 0.110. The number of ether oxygens (including phenoxy) is 2. The number of rotatable bonds is 7. The fourth-order valence-electron chi connectivity index (χ4n) is 2.91. The molecule has 0 atom stereocenters. The first kappa shape index (κ1) is 21.9. The van der Waals surface area contributed by atoms with Crippen LogP contribution in [0.5, 0.6) is 11.5 Å². The number of methoxy groups -OCH3 is 2. The first-order valence-electron chi connectivity index (χ1n) is 9.74. The third-order valence-corrected chi connectivity index (χ3v) is 4.87. The van der Waals surface area contributed by atoms with Crippen molar-refractivity contribution in [2.45, 2.75) is 26.7 Å². The molecular formula is C23H25N3O5. The molecule has 8 heteroatoms. The van der Waals surface area contributed by atoms with Crippen LogP contribution in [-0.4, -0.2) is 31.0 Å². The van der Waals surface area contributed by atoms with Crippen LogP contribution in [0.4, 0.5) is 0 Å². The predicted octanol–water partition coefficient (Wildman–Crippen LogP) is 3.37. The van der Waals surface area contributed by atoms with Crippen LogP contribution in [0.3, 0.4) is 0 Å². The van der Waals surface area contributed by atoms with Gasteiger partial charge in [-0.1, -0.05) is 12.1 Å². The van der Waals surface area contributed by atoms with Gasteiger partial charge in [0.1, 0.15) is 0 Å². The van der Waals surface area contributed by atoms with Gasteiger partial charge in [0, 0.05) is 24.0 Å². The molecule has 0 bridgehead atoms. The van der Waals surface area contributed by atoms with Gasteiger partial charge in [0.15, 0.2) is 23.1 Å². The smallest absolute Gasteiger partial charge is 0.269 e. The zero-order chi connectivity index (χ0) is 22.4. The summed E-state index contributed by atoms with van der Waals surface area (Å²) in [4.78, 5) is 28.6. The summed E-state index contributed by atoms with van der Waals surface area (Å²) in [6.45, 7) is 4.09. The molecule has 0 aliphatic carbocycles. The van der Waals surface area contributed by atoms with Crippen molar-refractivity contribution in [1.82, 2.24) is 15.8 Å². The number of amides is 2.